The van der Waals surface area contributed by atoms with Gasteiger partial charge in [-0.3, -0.25) is 0 Å². The zero-order chi connectivity index (χ0) is 10.7. The third-order valence-corrected chi connectivity index (χ3v) is 1.50. The van der Waals surface area contributed by atoms with Gasteiger partial charge in [-0.2, -0.15) is 0 Å². The van der Waals surface area contributed by atoms with Crippen LogP contribution in [0, 0.1) is 11.6 Å². The highest BCUT2D eigenvalue weighted by Gasteiger charge is 2.10. The molecule has 0 unspecified atom stereocenters. The summed E-state index contributed by atoms with van der Waals surface area (Å²) >= 11 is 0. The van der Waals surface area contributed by atoms with Crippen molar-refractivity contribution in [2.75, 3.05) is 0 Å². The van der Waals surface area contributed by atoms with Gasteiger partial charge in [0.05, 0.1) is 0 Å². The first-order valence-corrected chi connectivity index (χ1v) is 3.60. The summed E-state index contributed by atoms with van der Waals surface area (Å²) in [7, 11) is 0. The van der Waals surface area contributed by atoms with Gasteiger partial charge in [-0.15, -0.1) is 0 Å². The van der Waals surface area contributed by atoms with Crippen LogP contribution in [0.1, 0.15) is 5.56 Å². The zero-order valence-electron chi connectivity index (χ0n) is 6.87. The lowest BCUT2D eigenvalue weighted by molar-refractivity contribution is -0.131. The molecule has 0 fully saturated rings. The first-order valence-electron chi connectivity index (χ1n) is 3.60. The Morgan fingerprint density at radius 3 is 2.57 bits per heavy atom. The molecule has 0 saturated heterocycles. The lowest BCUT2D eigenvalue weighted by Gasteiger charge is -1.99. The maximum Gasteiger partial charge on any atom is 0.328 e. The van der Waals surface area contributed by atoms with Gasteiger partial charge in [-0.1, -0.05) is 0 Å². The van der Waals surface area contributed by atoms with Crippen molar-refractivity contribution >= 4 is 12.0 Å². The Labute approximate surface area is 77.9 Å². The topological polar surface area (TPSA) is 57.5 Å². The molecule has 1 rings (SSSR count). The minimum absolute atomic E-state index is 0.189. The molecule has 0 aliphatic heterocycles. The molecule has 3 nitrogen and oxygen atoms in total. The minimum Gasteiger partial charge on any atom is -0.503 e. The summed E-state index contributed by atoms with van der Waals surface area (Å²) in [5.41, 5.74) is -0.189. The van der Waals surface area contributed by atoms with Crippen LogP contribution in [0.4, 0.5) is 8.78 Å². The van der Waals surface area contributed by atoms with Gasteiger partial charge in [0.2, 0.25) is 0 Å². The Balaban J connectivity index is 3.12. The molecule has 0 spiro atoms. The van der Waals surface area contributed by atoms with Crippen LogP contribution in [0.25, 0.3) is 6.08 Å². The van der Waals surface area contributed by atoms with Crippen LogP contribution in [0.15, 0.2) is 18.2 Å². The third-order valence-electron chi connectivity index (χ3n) is 1.50. The molecule has 14 heavy (non-hydrogen) atoms. The highest BCUT2D eigenvalue weighted by Crippen LogP contribution is 2.23. The quantitative estimate of drug-likeness (QED) is 0.715. The van der Waals surface area contributed by atoms with Gasteiger partial charge in [-0.05, 0) is 18.2 Å². The first kappa shape index (κ1) is 10.2. The van der Waals surface area contributed by atoms with Crippen LogP contribution >= 0.6 is 0 Å². The van der Waals surface area contributed by atoms with Crippen molar-refractivity contribution in [1.82, 2.24) is 0 Å². The van der Waals surface area contributed by atoms with Crippen LogP contribution < -0.4 is 0 Å². The number of carbonyl (C=O) groups is 1. The lowest BCUT2D eigenvalue weighted by Crippen LogP contribution is -1.89. The van der Waals surface area contributed by atoms with Gasteiger partial charge in [0.15, 0.2) is 17.4 Å². The van der Waals surface area contributed by atoms with Gasteiger partial charge in [0, 0.05) is 11.6 Å². The standard InChI is InChI=1S/C9H6F2O3/c10-6-3-1-5(2-4-7(12)13)8(11)9(6)14/h1-4,14H,(H,12,13). The van der Waals surface area contributed by atoms with Crippen molar-refractivity contribution in [3.63, 3.8) is 0 Å². The van der Waals surface area contributed by atoms with Crippen LogP contribution in [0.2, 0.25) is 0 Å². The summed E-state index contributed by atoms with van der Waals surface area (Å²) in [6.07, 6.45) is 1.62. The number of phenolic OH excluding ortho intramolecular Hbond substituents is 1. The van der Waals surface area contributed by atoms with E-state index < -0.39 is 23.4 Å². The van der Waals surface area contributed by atoms with Crippen LogP contribution in [-0.2, 0) is 4.79 Å². The maximum atomic E-state index is 13.0. The fourth-order valence-electron chi connectivity index (χ4n) is 0.846. The molecule has 0 aliphatic rings. The Bertz CT molecular complexity index is 399. The predicted octanol–water partition coefficient (Wildman–Crippen LogP) is 1.77. The first-order chi connectivity index (χ1) is 6.52. The smallest absolute Gasteiger partial charge is 0.328 e. The van der Waals surface area contributed by atoms with E-state index >= 15 is 0 Å². The van der Waals surface area contributed by atoms with Gasteiger partial charge in [-0.25, -0.2) is 13.6 Å². The minimum atomic E-state index is -1.26. The van der Waals surface area contributed by atoms with Crippen LogP contribution in [-0.4, -0.2) is 16.2 Å². The van der Waals surface area contributed by atoms with Gasteiger partial charge < -0.3 is 10.2 Å². The average molecular weight is 200 g/mol. The second kappa shape index (κ2) is 3.87. The molecule has 0 amide bonds. The van der Waals surface area contributed by atoms with Gasteiger partial charge in [0.1, 0.15) is 0 Å². The summed E-state index contributed by atoms with van der Waals surface area (Å²) < 4.78 is 25.5. The summed E-state index contributed by atoms with van der Waals surface area (Å²) in [5, 5.41) is 17.1. The number of hydrogen-bond donors (Lipinski definition) is 2. The predicted molar refractivity (Wildman–Crippen MR) is 44.7 cm³/mol. The fraction of sp³-hybridized carbons (Fsp3) is 0. The van der Waals surface area contributed by atoms with E-state index in [9.17, 15) is 13.6 Å². The van der Waals surface area contributed by atoms with Crippen molar-refractivity contribution in [2.24, 2.45) is 0 Å². The Kier molecular flexibility index (Phi) is 2.81. The molecule has 0 aromatic heterocycles. The number of hydrogen-bond acceptors (Lipinski definition) is 2. The number of halogens is 2. The fourth-order valence-corrected chi connectivity index (χ4v) is 0.846. The molecule has 0 radical (unpaired) electrons. The number of carboxylic acid groups (broad SMARTS) is 1. The van der Waals surface area contributed by atoms with E-state index in [2.05, 4.69) is 0 Å². The molecular formula is C9H6F2O3. The molecule has 2 N–H and O–H groups in total. The largest absolute Gasteiger partial charge is 0.503 e. The van der Waals surface area contributed by atoms with E-state index in [1.165, 1.54) is 0 Å². The number of aliphatic carboxylic acids is 1. The summed E-state index contributed by atoms with van der Waals surface area (Å²) in [5.74, 6) is -4.64. The van der Waals surface area contributed by atoms with Crippen LogP contribution in [0.3, 0.4) is 0 Å². The molecule has 5 heteroatoms. The highest BCUT2D eigenvalue weighted by atomic mass is 19.1. The number of rotatable bonds is 2. The summed E-state index contributed by atoms with van der Waals surface area (Å²) in [4.78, 5) is 10.1. The van der Waals surface area contributed by atoms with E-state index in [-0.39, 0.29) is 5.56 Å². The maximum absolute atomic E-state index is 13.0. The molecule has 1 aromatic rings. The lowest BCUT2D eigenvalue weighted by atomic mass is 10.2. The molecule has 0 atom stereocenters. The summed E-state index contributed by atoms with van der Waals surface area (Å²) in [6.45, 7) is 0. The van der Waals surface area contributed by atoms with Gasteiger partial charge in [0.25, 0.3) is 0 Å². The molecule has 0 bridgehead atoms. The highest BCUT2D eigenvalue weighted by molar-refractivity contribution is 5.85. The van der Waals surface area contributed by atoms with E-state index in [1.54, 1.807) is 0 Å². The van der Waals surface area contributed by atoms with Crippen molar-refractivity contribution in [3.05, 3.63) is 35.4 Å². The Morgan fingerprint density at radius 2 is 2.00 bits per heavy atom. The molecule has 0 heterocycles. The molecule has 74 valence electrons. The number of benzene rings is 1. The van der Waals surface area contributed by atoms with Crippen molar-refractivity contribution < 1.29 is 23.8 Å². The Morgan fingerprint density at radius 1 is 1.36 bits per heavy atom. The number of aromatic hydroxyl groups is 1. The van der Waals surface area contributed by atoms with E-state index in [4.69, 9.17) is 10.2 Å². The second-order valence-electron chi connectivity index (χ2n) is 2.47. The van der Waals surface area contributed by atoms with Crippen molar-refractivity contribution in [3.8, 4) is 5.75 Å². The normalized spacial score (nSPS) is 10.7. The van der Waals surface area contributed by atoms with Gasteiger partial charge >= 0.3 is 5.97 Å². The average Bonchev–Trinajstić information content (AvgIpc) is 2.13. The van der Waals surface area contributed by atoms with E-state index in [0.717, 1.165) is 18.2 Å². The zero-order valence-corrected chi connectivity index (χ0v) is 6.87. The molecule has 0 saturated carbocycles. The van der Waals surface area contributed by atoms with E-state index in [0.29, 0.717) is 6.08 Å². The van der Waals surface area contributed by atoms with Crippen LogP contribution in [0.5, 0.6) is 5.75 Å². The number of carboxylic acids is 1. The molecular weight excluding hydrogens is 194 g/mol. The van der Waals surface area contributed by atoms with Crippen molar-refractivity contribution in [2.45, 2.75) is 0 Å². The number of phenols is 1. The third kappa shape index (κ3) is 2.07. The van der Waals surface area contributed by atoms with Crippen molar-refractivity contribution in [1.29, 1.82) is 0 Å². The monoisotopic (exact) mass is 200 g/mol. The van der Waals surface area contributed by atoms with E-state index in [1.807, 2.05) is 0 Å². The molecule has 1 aromatic carbocycles. The SMILES string of the molecule is O=C(O)C=Cc1ccc(F)c(O)c1F. The second-order valence-corrected chi connectivity index (χ2v) is 2.47. The Hall–Kier alpha value is -1.91. The summed E-state index contributed by atoms with van der Waals surface area (Å²) in [6, 6.07) is 1.88. The molecule has 0 aliphatic carbocycles.